The number of carboxylic acid groups (broad SMARTS) is 1. The normalized spacial score (nSPS) is 13.5. The zero-order valence-corrected chi connectivity index (χ0v) is 11.8. The highest BCUT2D eigenvalue weighted by Gasteiger charge is 2.24. The molecule has 0 radical (unpaired) electrons. The predicted molar refractivity (Wildman–Crippen MR) is 65.4 cm³/mol. The summed E-state index contributed by atoms with van der Waals surface area (Å²) in [6.07, 6.45) is 0. The molecule has 0 saturated carbocycles. The van der Waals surface area contributed by atoms with Crippen LogP contribution in [0.5, 0.6) is 0 Å². The van der Waals surface area contributed by atoms with Gasteiger partial charge in [0.25, 0.3) is 0 Å². The van der Waals surface area contributed by atoms with Crippen molar-refractivity contribution in [2.24, 2.45) is 5.92 Å². The maximum atomic E-state index is 13.0. The van der Waals surface area contributed by atoms with Gasteiger partial charge in [-0.05, 0) is 24.1 Å². The fourth-order valence-corrected chi connectivity index (χ4v) is 2.94. The van der Waals surface area contributed by atoms with Crippen molar-refractivity contribution in [3.8, 4) is 0 Å². The molecule has 8 heteroatoms. The quantitative estimate of drug-likeness (QED) is 0.860. The average Bonchev–Trinajstić information content (AvgIpc) is 2.28. The third-order valence-electron chi connectivity index (χ3n) is 2.40. The second-order valence-electron chi connectivity index (χ2n) is 4.24. The number of sulfonamides is 1. The first-order valence-electron chi connectivity index (χ1n) is 5.33. The van der Waals surface area contributed by atoms with Crippen molar-refractivity contribution >= 4 is 27.6 Å². The lowest BCUT2D eigenvalue weighted by molar-refractivity contribution is -0.309. The minimum atomic E-state index is -4.11. The third kappa shape index (κ3) is 3.89. The van der Waals surface area contributed by atoms with Gasteiger partial charge >= 0.3 is 0 Å². The molecular weight excluding hydrogens is 297 g/mol. The summed E-state index contributed by atoms with van der Waals surface area (Å²) in [4.78, 5) is 10.5. The molecule has 1 aromatic rings. The molecule has 0 aliphatic carbocycles. The van der Waals surface area contributed by atoms with Gasteiger partial charge in [0.15, 0.2) is 0 Å². The molecule has 5 nitrogen and oxygen atoms in total. The number of hydrogen-bond acceptors (Lipinski definition) is 4. The third-order valence-corrected chi connectivity index (χ3v) is 4.13. The number of benzene rings is 1. The number of carbonyl (C=O) groups excluding carboxylic acids is 1. The first-order valence-corrected chi connectivity index (χ1v) is 7.19. The van der Waals surface area contributed by atoms with Gasteiger partial charge in [-0.25, -0.2) is 17.5 Å². The molecule has 19 heavy (non-hydrogen) atoms. The Morgan fingerprint density at radius 1 is 1.42 bits per heavy atom. The van der Waals surface area contributed by atoms with Gasteiger partial charge in [0, 0.05) is 0 Å². The molecule has 0 aliphatic heterocycles. The van der Waals surface area contributed by atoms with Crippen LogP contribution in [0.3, 0.4) is 0 Å². The molecule has 106 valence electrons. The molecule has 0 amide bonds. The molecule has 0 aliphatic rings. The van der Waals surface area contributed by atoms with Gasteiger partial charge in [-0.2, -0.15) is 0 Å². The molecule has 1 atom stereocenters. The van der Waals surface area contributed by atoms with Crippen LogP contribution in [0.4, 0.5) is 4.39 Å². The second-order valence-corrected chi connectivity index (χ2v) is 6.36. The van der Waals surface area contributed by atoms with E-state index in [2.05, 4.69) is 0 Å². The van der Waals surface area contributed by atoms with Crippen LogP contribution in [0.1, 0.15) is 13.8 Å². The lowest BCUT2D eigenvalue weighted by atomic mass is 10.1. The molecule has 1 aromatic carbocycles. The summed E-state index contributed by atoms with van der Waals surface area (Å²) in [5.41, 5.74) is 0. The Morgan fingerprint density at radius 3 is 2.42 bits per heavy atom. The van der Waals surface area contributed by atoms with E-state index in [1.54, 1.807) is 0 Å². The Bertz CT molecular complexity index is 588. The highest BCUT2D eigenvalue weighted by Crippen LogP contribution is 2.20. The van der Waals surface area contributed by atoms with Gasteiger partial charge in [0.2, 0.25) is 10.0 Å². The fraction of sp³-hybridized carbons (Fsp3) is 0.364. The summed E-state index contributed by atoms with van der Waals surface area (Å²) in [7, 11) is -4.11. The summed E-state index contributed by atoms with van der Waals surface area (Å²) in [5.74, 6) is -2.80. The van der Waals surface area contributed by atoms with Crippen LogP contribution in [-0.4, -0.2) is 20.4 Å². The number of nitrogens with one attached hydrogen (secondary N) is 1. The number of rotatable bonds is 5. The monoisotopic (exact) mass is 308 g/mol. The van der Waals surface area contributed by atoms with Crippen LogP contribution in [0.25, 0.3) is 0 Å². The van der Waals surface area contributed by atoms with E-state index in [0.29, 0.717) is 0 Å². The van der Waals surface area contributed by atoms with Crippen LogP contribution in [0, 0.1) is 11.7 Å². The first kappa shape index (κ1) is 15.9. The zero-order valence-electron chi connectivity index (χ0n) is 10.2. The molecule has 0 bridgehead atoms. The van der Waals surface area contributed by atoms with E-state index in [0.717, 1.165) is 18.2 Å². The number of hydrogen-bond donors (Lipinski definition) is 1. The van der Waals surface area contributed by atoms with E-state index in [-0.39, 0.29) is 9.92 Å². The van der Waals surface area contributed by atoms with Crippen molar-refractivity contribution in [1.82, 2.24) is 4.72 Å². The molecule has 1 N–H and O–H groups in total. The highest BCUT2D eigenvalue weighted by molar-refractivity contribution is 7.89. The van der Waals surface area contributed by atoms with Crippen molar-refractivity contribution in [2.45, 2.75) is 24.8 Å². The van der Waals surface area contributed by atoms with Crippen LogP contribution in [-0.2, 0) is 14.8 Å². The Kier molecular flexibility index (Phi) is 4.89. The first-order chi connectivity index (χ1) is 8.65. The van der Waals surface area contributed by atoms with Crippen molar-refractivity contribution in [1.29, 1.82) is 0 Å². The van der Waals surface area contributed by atoms with Crippen LogP contribution in [0.2, 0.25) is 5.02 Å². The Balaban J connectivity index is 3.10. The van der Waals surface area contributed by atoms with Crippen LogP contribution in [0.15, 0.2) is 23.1 Å². The van der Waals surface area contributed by atoms with E-state index in [9.17, 15) is 22.7 Å². The molecule has 0 unspecified atom stereocenters. The van der Waals surface area contributed by atoms with Crippen molar-refractivity contribution < 1.29 is 22.7 Å². The lowest BCUT2D eigenvalue weighted by Crippen LogP contribution is -2.50. The van der Waals surface area contributed by atoms with Gasteiger partial charge in [-0.15, -0.1) is 0 Å². The van der Waals surface area contributed by atoms with E-state index in [1.165, 1.54) is 13.8 Å². The predicted octanol–water partition coefficient (Wildman–Crippen LogP) is 0.532. The van der Waals surface area contributed by atoms with Gasteiger partial charge in [0.1, 0.15) is 5.82 Å². The van der Waals surface area contributed by atoms with Crippen molar-refractivity contribution in [3.05, 3.63) is 29.0 Å². The smallest absolute Gasteiger partial charge is 0.241 e. The maximum Gasteiger partial charge on any atom is 0.241 e. The minimum Gasteiger partial charge on any atom is -0.548 e. The van der Waals surface area contributed by atoms with Gasteiger partial charge in [0.05, 0.1) is 21.9 Å². The van der Waals surface area contributed by atoms with E-state index in [4.69, 9.17) is 11.6 Å². The fourth-order valence-electron chi connectivity index (χ4n) is 1.34. The molecule has 0 heterocycles. The van der Waals surface area contributed by atoms with Crippen LogP contribution < -0.4 is 9.83 Å². The SMILES string of the molecule is CC(C)[C@@H](NS(=O)(=O)c1ccc(F)c(Cl)c1)C(=O)[O-]. The molecule has 0 aromatic heterocycles. The number of aliphatic carboxylic acids is 1. The summed E-state index contributed by atoms with van der Waals surface area (Å²) in [5, 5.41) is 10.5. The maximum absolute atomic E-state index is 13.0. The summed E-state index contributed by atoms with van der Waals surface area (Å²) >= 11 is 5.49. The number of halogens is 2. The number of carboxylic acids is 1. The Hall–Kier alpha value is -1.18. The minimum absolute atomic E-state index is 0.314. The molecule has 1 rings (SSSR count). The molecular formula is C11H12ClFNO4S-. The van der Waals surface area contributed by atoms with E-state index in [1.807, 2.05) is 4.72 Å². The summed E-state index contributed by atoms with van der Waals surface area (Å²) < 4.78 is 38.8. The lowest BCUT2D eigenvalue weighted by Gasteiger charge is -2.23. The second kappa shape index (κ2) is 5.85. The standard InChI is InChI=1S/C11H13ClFNO4S/c1-6(2)10(11(15)16)14-19(17,18)7-3-4-9(13)8(12)5-7/h3-6,10,14H,1-2H3,(H,15,16)/p-1/t10-/m1/s1. The van der Waals surface area contributed by atoms with Crippen molar-refractivity contribution in [2.75, 3.05) is 0 Å². The summed E-state index contributed by atoms with van der Waals surface area (Å²) in [6, 6.07) is 1.41. The average molecular weight is 309 g/mol. The van der Waals surface area contributed by atoms with Crippen molar-refractivity contribution in [3.63, 3.8) is 0 Å². The van der Waals surface area contributed by atoms with Crippen LogP contribution >= 0.6 is 11.6 Å². The van der Waals surface area contributed by atoms with E-state index < -0.39 is 33.8 Å². The summed E-state index contributed by atoms with van der Waals surface area (Å²) in [6.45, 7) is 3.06. The van der Waals surface area contributed by atoms with Gasteiger partial charge in [-0.3, -0.25) is 0 Å². The Labute approximate surface area is 115 Å². The number of carbonyl (C=O) groups is 1. The molecule has 0 saturated heterocycles. The largest absolute Gasteiger partial charge is 0.548 e. The van der Waals surface area contributed by atoms with Gasteiger partial charge in [-0.1, -0.05) is 25.4 Å². The highest BCUT2D eigenvalue weighted by atomic mass is 35.5. The molecule has 0 fully saturated rings. The molecule has 0 spiro atoms. The van der Waals surface area contributed by atoms with Gasteiger partial charge < -0.3 is 9.90 Å². The zero-order chi connectivity index (χ0) is 14.8. The van der Waals surface area contributed by atoms with E-state index >= 15 is 0 Å². The topological polar surface area (TPSA) is 86.3 Å². The Morgan fingerprint density at radius 2 is 2.00 bits per heavy atom.